The van der Waals surface area contributed by atoms with Crippen LogP contribution < -0.4 is 10.0 Å². The molecule has 1 aromatic heterocycles. The number of amides is 2. The molecule has 3 rings (SSSR count). The SMILES string of the molecule is O=C(NCc1ccccc1)c1cccc(S(=O)(=O)NC(=O)c2ccc(C(=O)O)nc2)c1. The second kappa shape index (κ2) is 9.18. The van der Waals surface area contributed by atoms with E-state index >= 15 is 0 Å². The van der Waals surface area contributed by atoms with Crippen molar-refractivity contribution < 1.29 is 27.9 Å². The van der Waals surface area contributed by atoms with Gasteiger partial charge in [-0.3, -0.25) is 9.59 Å². The van der Waals surface area contributed by atoms with E-state index in [0.717, 1.165) is 30.0 Å². The van der Waals surface area contributed by atoms with Gasteiger partial charge < -0.3 is 10.4 Å². The Hall–Kier alpha value is -4.05. The van der Waals surface area contributed by atoms with Crippen molar-refractivity contribution in [3.8, 4) is 0 Å². The Bertz CT molecular complexity index is 1230. The van der Waals surface area contributed by atoms with Crippen molar-refractivity contribution >= 4 is 27.8 Å². The molecule has 0 unspecified atom stereocenters. The molecule has 3 aromatic rings. The van der Waals surface area contributed by atoms with Gasteiger partial charge in [0.05, 0.1) is 10.5 Å². The summed E-state index contributed by atoms with van der Waals surface area (Å²) in [6, 6.07) is 16.7. The standard InChI is InChI=1S/C21H17N3O6S/c25-19(23-12-14-5-2-1-3-6-14)15-7-4-8-17(11-15)31(29,30)24-20(26)16-9-10-18(21(27)28)22-13-16/h1-11,13H,12H2,(H,23,25)(H,24,26)(H,27,28). The van der Waals surface area contributed by atoms with E-state index in [2.05, 4.69) is 10.3 Å². The molecule has 0 aliphatic rings. The fourth-order valence-electron chi connectivity index (χ4n) is 2.58. The number of nitrogens with one attached hydrogen (secondary N) is 2. The van der Waals surface area contributed by atoms with Crippen LogP contribution in [0.3, 0.4) is 0 Å². The van der Waals surface area contributed by atoms with Crippen molar-refractivity contribution in [2.75, 3.05) is 0 Å². The molecule has 0 bridgehead atoms. The van der Waals surface area contributed by atoms with Gasteiger partial charge in [0.1, 0.15) is 5.69 Å². The monoisotopic (exact) mass is 439 g/mol. The van der Waals surface area contributed by atoms with Gasteiger partial charge in [-0.15, -0.1) is 0 Å². The number of aromatic nitrogens is 1. The number of benzene rings is 2. The number of carboxylic acids is 1. The molecule has 2 aromatic carbocycles. The second-order valence-electron chi connectivity index (χ2n) is 6.37. The topological polar surface area (TPSA) is 143 Å². The van der Waals surface area contributed by atoms with Crippen LogP contribution in [0.25, 0.3) is 0 Å². The summed E-state index contributed by atoms with van der Waals surface area (Å²) >= 11 is 0. The first kappa shape index (κ1) is 21.7. The first-order valence-electron chi connectivity index (χ1n) is 8.95. The summed E-state index contributed by atoms with van der Waals surface area (Å²) in [6.45, 7) is 0.271. The highest BCUT2D eigenvalue weighted by Crippen LogP contribution is 2.13. The molecule has 3 N–H and O–H groups in total. The minimum atomic E-state index is -4.28. The molecule has 0 saturated heterocycles. The Kier molecular flexibility index (Phi) is 6.41. The molecule has 0 aliphatic heterocycles. The zero-order valence-corrected chi connectivity index (χ0v) is 16.8. The van der Waals surface area contributed by atoms with E-state index in [0.29, 0.717) is 0 Å². The summed E-state index contributed by atoms with van der Waals surface area (Å²) in [5, 5.41) is 11.5. The van der Waals surface area contributed by atoms with Crippen LogP contribution in [-0.4, -0.2) is 36.3 Å². The number of carbonyl (C=O) groups excluding carboxylic acids is 2. The molecular formula is C21H17N3O6S. The highest BCUT2D eigenvalue weighted by molar-refractivity contribution is 7.90. The zero-order valence-electron chi connectivity index (χ0n) is 16.0. The second-order valence-corrected chi connectivity index (χ2v) is 8.05. The van der Waals surface area contributed by atoms with Crippen molar-refractivity contribution in [2.45, 2.75) is 11.4 Å². The first-order chi connectivity index (χ1) is 14.8. The number of aromatic carboxylic acids is 1. The third-order valence-corrected chi connectivity index (χ3v) is 5.50. The fraction of sp³-hybridized carbons (Fsp3) is 0.0476. The number of carbonyl (C=O) groups is 3. The Balaban J connectivity index is 1.71. The summed E-state index contributed by atoms with van der Waals surface area (Å²) in [4.78, 5) is 38.7. The van der Waals surface area contributed by atoms with Crippen molar-refractivity contribution in [3.63, 3.8) is 0 Å². The molecule has 0 saturated carbocycles. The first-order valence-corrected chi connectivity index (χ1v) is 10.4. The van der Waals surface area contributed by atoms with Gasteiger partial charge >= 0.3 is 5.97 Å². The Morgan fingerprint density at radius 2 is 1.61 bits per heavy atom. The summed E-state index contributed by atoms with van der Waals surface area (Å²) < 4.78 is 27.0. The van der Waals surface area contributed by atoms with Gasteiger partial charge in [-0.2, -0.15) is 0 Å². The molecule has 2 amide bonds. The van der Waals surface area contributed by atoms with Gasteiger partial charge in [0, 0.05) is 18.3 Å². The van der Waals surface area contributed by atoms with Crippen LogP contribution in [0.4, 0.5) is 0 Å². The minimum absolute atomic E-state index is 0.110. The van der Waals surface area contributed by atoms with Crippen molar-refractivity contribution in [1.29, 1.82) is 0 Å². The third kappa shape index (κ3) is 5.52. The molecule has 0 fully saturated rings. The molecule has 9 nitrogen and oxygen atoms in total. The number of pyridine rings is 1. The average Bonchev–Trinajstić information content (AvgIpc) is 2.78. The van der Waals surface area contributed by atoms with E-state index in [-0.39, 0.29) is 28.3 Å². The summed E-state index contributed by atoms with van der Waals surface area (Å²) in [6.07, 6.45) is 0.960. The van der Waals surface area contributed by atoms with Crippen LogP contribution in [0.1, 0.15) is 36.8 Å². The highest BCUT2D eigenvalue weighted by atomic mass is 32.2. The van der Waals surface area contributed by atoms with Gasteiger partial charge in [0.25, 0.3) is 21.8 Å². The van der Waals surface area contributed by atoms with Crippen LogP contribution in [0.2, 0.25) is 0 Å². The van der Waals surface area contributed by atoms with Gasteiger partial charge in [0.2, 0.25) is 0 Å². The molecule has 0 spiro atoms. The number of hydrogen-bond donors (Lipinski definition) is 3. The van der Waals surface area contributed by atoms with E-state index in [9.17, 15) is 22.8 Å². The Labute approximate surface area is 177 Å². The highest BCUT2D eigenvalue weighted by Gasteiger charge is 2.20. The Morgan fingerprint density at radius 3 is 2.26 bits per heavy atom. The maximum absolute atomic E-state index is 12.6. The van der Waals surface area contributed by atoms with Crippen molar-refractivity contribution in [1.82, 2.24) is 15.0 Å². The average molecular weight is 439 g/mol. The predicted molar refractivity (Wildman–Crippen MR) is 110 cm³/mol. The van der Waals surface area contributed by atoms with Crippen molar-refractivity contribution in [3.05, 3.63) is 95.3 Å². The normalized spacial score (nSPS) is 10.8. The maximum atomic E-state index is 12.6. The smallest absolute Gasteiger partial charge is 0.354 e. The molecule has 158 valence electrons. The van der Waals surface area contributed by atoms with E-state index < -0.39 is 27.8 Å². The molecule has 0 radical (unpaired) electrons. The predicted octanol–water partition coefficient (Wildman–Crippen LogP) is 1.83. The van der Waals surface area contributed by atoms with Crippen LogP contribution >= 0.6 is 0 Å². The van der Waals surface area contributed by atoms with E-state index in [4.69, 9.17) is 5.11 Å². The number of sulfonamides is 1. The van der Waals surface area contributed by atoms with Crippen LogP contribution in [0.15, 0.2) is 77.8 Å². The van der Waals surface area contributed by atoms with Crippen molar-refractivity contribution in [2.24, 2.45) is 0 Å². The lowest BCUT2D eigenvalue weighted by Gasteiger charge is -2.09. The van der Waals surface area contributed by atoms with Crippen LogP contribution in [-0.2, 0) is 16.6 Å². The summed E-state index contributed by atoms with van der Waals surface area (Å²) in [7, 11) is -4.28. The summed E-state index contributed by atoms with van der Waals surface area (Å²) in [5.74, 6) is -2.73. The van der Waals surface area contributed by atoms with E-state index in [1.54, 1.807) is 0 Å². The maximum Gasteiger partial charge on any atom is 0.354 e. The third-order valence-electron chi connectivity index (χ3n) is 4.17. The quantitative estimate of drug-likeness (QED) is 0.510. The number of rotatable bonds is 7. The fourth-order valence-corrected chi connectivity index (χ4v) is 3.60. The van der Waals surface area contributed by atoms with E-state index in [1.807, 2.05) is 35.1 Å². The van der Waals surface area contributed by atoms with Crippen LogP contribution in [0, 0.1) is 0 Å². The lowest BCUT2D eigenvalue weighted by molar-refractivity contribution is 0.0689. The molecule has 0 aliphatic carbocycles. The zero-order chi connectivity index (χ0) is 22.4. The largest absolute Gasteiger partial charge is 0.477 e. The molecule has 1 heterocycles. The molecular weight excluding hydrogens is 422 g/mol. The number of nitrogens with zero attached hydrogens (tertiary/aromatic N) is 1. The van der Waals surface area contributed by atoms with Gasteiger partial charge in [-0.1, -0.05) is 36.4 Å². The number of carboxylic acid groups (broad SMARTS) is 1. The van der Waals surface area contributed by atoms with E-state index in [1.165, 1.54) is 18.2 Å². The Morgan fingerprint density at radius 1 is 0.871 bits per heavy atom. The molecule has 0 atom stereocenters. The van der Waals surface area contributed by atoms with Gasteiger partial charge in [-0.25, -0.2) is 22.9 Å². The van der Waals surface area contributed by atoms with Gasteiger partial charge in [0.15, 0.2) is 0 Å². The molecule has 31 heavy (non-hydrogen) atoms. The van der Waals surface area contributed by atoms with Crippen LogP contribution in [0.5, 0.6) is 0 Å². The van der Waals surface area contributed by atoms with Gasteiger partial charge in [-0.05, 0) is 35.9 Å². The molecule has 10 heteroatoms. The lowest BCUT2D eigenvalue weighted by atomic mass is 10.2. The summed E-state index contributed by atoms with van der Waals surface area (Å²) in [5.41, 5.74) is 0.576. The lowest BCUT2D eigenvalue weighted by Crippen LogP contribution is -2.31. The minimum Gasteiger partial charge on any atom is -0.477 e. The number of hydrogen-bond acceptors (Lipinski definition) is 6.